The smallest absolute Gasteiger partial charge is 0.407 e. The number of ether oxygens (including phenoxy) is 3. The lowest BCUT2D eigenvalue weighted by atomic mass is 10.1. The van der Waals surface area contributed by atoms with E-state index in [2.05, 4.69) is 32.1 Å². The van der Waals surface area contributed by atoms with E-state index in [0.717, 1.165) is 86.3 Å². The number of hydrogen-bond acceptors (Lipinski definition) is 10. The average Bonchev–Trinajstić information content (AvgIpc) is 3.48. The number of amides is 1. The zero-order chi connectivity index (χ0) is 32.4. The van der Waals surface area contributed by atoms with Gasteiger partial charge in [-0.3, -0.25) is 0 Å². The number of alkyl carbamates (subject to hydrolysis) is 1. The van der Waals surface area contributed by atoms with E-state index < -0.39 is 5.60 Å². The lowest BCUT2D eigenvalue weighted by molar-refractivity contribution is 0.0497. The number of halogens is 1. The van der Waals surface area contributed by atoms with Gasteiger partial charge in [-0.05, 0) is 45.7 Å². The first-order valence-corrected chi connectivity index (χ1v) is 15.9. The molecule has 1 N–H and O–H groups in total. The van der Waals surface area contributed by atoms with Gasteiger partial charge in [-0.25, -0.2) is 19.7 Å². The molecule has 2 saturated heterocycles. The second-order valence-corrected chi connectivity index (χ2v) is 13.0. The van der Waals surface area contributed by atoms with Crippen LogP contribution >= 0.6 is 11.6 Å². The number of imidazole rings is 1. The number of benzene rings is 1. The van der Waals surface area contributed by atoms with Crippen molar-refractivity contribution in [1.29, 1.82) is 0 Å². The first kappa shape index (κ1) is 31.5. The second-order valence-electron chi connectivity index (χ2n) is 12.6. The maximum Gasteiger partial charge on any atom is 0.407 e. The van der Waals surface area contributed by atoms with Crippen molar-refractivity contribution in [2.75, 3.05) is 68.2 Å². The molecule has 46 heavy (non-hydrogen) atoms. The van der Waals surface area contributed by atoms with Crippen molar-refractivity contribution in [3.8, 4) is 22.8 Å². The number of nitrogens with zero attached hydrogens (tertiary/aromatic N) is 7. The Morgan fingerprint density at radius 3 is 2.17 bits per heavy atom. The standard InChI is InChI=1S/C33H41ClN8O4/c1-33(2,3)46-32(43)37-22-6-9-41(10-7-22)31-35-19-24(20-36-31)40-14-12-39(13-15-40)23-8-11-42-21-27(38-30(42)16-23)25-17-26(34)29(45-5)18-28(25)44-4/h8,11,16-22H,6-7,9-10,12-15H2,1-5H3,(H,37,43). The number of hydrogen-bond donors (Lipinski definition) is 1. The van der Waals surface area contributed by atoms with Gasteiger partial charge in [0.15, 0.2) is 0 Å². The van der Waals surface area contributed by atoms with Gasteiger partial charge >= 0.3 is 6.09 Å². The predicted octanol–water partition coefficient (Wildman–Crippen LogP) is 5.28. The topological polar surface area (TPSA) is 110 Å². The van der Waals surface area contributed by atoms with Crippen LogP contribution in [0.25, 0.3) is 16.9 Å². The highest BCUT2D eigenvalue weighted by Gasteiger charge is 2.25. The van der Waals surface area contributed by atoms with Gasteiger partial charge in [-0.15, -0.1) is 0 Å². The fourth-order valence-electron chi connectivity index (χ4n) is 5.92. The molecule has 2 fully saturated rings. The normalized spacial score (nSPS) is 16.1. The highest BCUT2D eigenvalue weighted by atomic mass is 35.5. The molecule has 2 aliphatic heterocycles. The first-order valence-electron chi connectivity index (χ1n) is 15.6. The highest BCUT2D eigenvalue weighted by Crippen LogP contribution is 2.38. The van der Waals surface area contributed by atoms with Crippen LogP contribution in [-0.4, -0.2) is 90.6 Å². The van der Waals surface area contributed by atoms with Gasteiger partial charge in [-0.2, -0.15) is 0 Å². The van der Waals surface area contributed by atoms with Crippen molar-refractivity contribution in [1.82, 2.24) is 24.7 Å². The van der Waals surface area contributed by atoms with Gasteiger partial charge in [0.2, 0.25) is 5.95 Å². The molecule has 3 aromatic heterocycles. The molecule has 0 aliphatic carbocycles. The van der Waals surface area contributed by atoms with Crippen LogP contribution in [0, 0.1) is 0 Å². The SMILES string of the molecule is COc1cc(OC)c(-c2cn3ccc(N4CCN(c5cnc(N6CCC(NC(=O)OC(C)(C)C)CC6)nc5)CC4)cc3n2)cc1Cl. The third-order valence-corrected chi connectivity index (χ3v) is 8.62. The number of anilines is 3. The number of rotatable bonds is 7. The quantitative estimate of drug-likeness (QED) is 0.284. The Bertz CT molecular complexity index is 1670. The van der Waals surface area contributed by atoms with Gasteiger partial charge in [0.05, 0.1) is 43.0 Å². The lowest BCUT2D eigenvalue weighted by Gasteiger charge is -2.37. The van der Waals surface area contributed by atoms with E-state index in [9.17, 15) is 4.79 Å². The fourth-order valence-corrected chi connectivity index (χ4v) is 6.16. The Morgan fingerprint density at radius 1 is 0.891 bits per heavy atom. The Kier molecular flexibility index (Phi) is 8.99. The summed E-state index contributed by atoms with van der Waals surface area (Å²) in [6.07, 6.45) is 9.13. The summed E-state index contributed by atoms with van der Waals surface area (Å²) in [6.45, 7) is 10.6. The number of nitrogens with one attached hydrogen (secondary N) is 1. The van der Waals surface area contributed by atoms with E-state index in [1.165, 1.54) is 0 Å². The number of piperidine rings is 1. The maximum absolute atomic E-state index is 12.1. The number of pyridine rings is 1. The van der Waals surface area contributed by atoms with E-state index in [1.807, 2.05) is 56.0 Å². The Morgan fingerprint density at radius 2 is 1.54 bits per heavy atom. The van der Waals surface area contributed by atoms with Crippen molar-refractivity contribution in [3.05, 3.63) is 54.1 Å². The summed E-state index contributed by atoms with van der Waals surface area (Å²) in [4.78, 5) is 33.3. The van der Waals surface area contributed by atoms with Crippen molar-refractivity contribution in [2.24, 2.45) is 0 Å². The molecule has 0 radical (unpaired) electrons. The molecule has 2 aliphatic rings. The molecule has 0 bridgehead atoms. The van der Waals surface area contributed by atoms with Crippen molar-refractivity contribution in [2.45, 2.75) is 45.3 Å². The maximum atomic E-state index is 12.1. The number of fused-ring (bicyclic) bond motifs is 1. The Balaban J connectivity index is 1.04. The summed E-state index contributed by atoms with van der Waals surface area (Å²) in [6, 6.07) is 7.93. The first-order chi connectivity index (χ1) is 22.1. The van der Waals surface area contributed by atoms with E-state index >= 15 is 0 Å². The molecule has 1 aromatic carbocycles. The zero-order valence-corrected chi connectivity index (χ0v) is 27.8. The van der Waals surface area contributed by atoms with Gasteiger partial charge in [0.25, 0.3) is 0 Å². The molecule has 244 valence electrons. The number of carbonyl (C=O) groups is 1. The highest BCUT2D eigenvalue weighted by molar-refractivity contribution is 6.32. The number of piperazine rings is 1. The predicted molar refractivity (Wildman–Crippen MR) is 180 cm³/mol. The van der Waals surface area contributed by atoms with Crippen LogP contribution in [-0.2, 0) is 4.74 Å². The third kappa shape index (κ3) is 7.01. The number of aromatic nitrogens is 4. The molecule has 13 heteroatoms. The zero-order valence-electron chi connectivity index (χ0n) is 27.0. The molecule has 0 spiro atoms. The third-order valence-electron chi connectivity index (χ3n) is 8.33. The van der Waals surface area contributed by atoms with Crippen molar-refractivity contribution in [3.63, 3.8) is 0 Å². The Labute approximate surface area is 274 Å². The summed E-state index contributed by atoms with van der Waals surface area (Å²) in [7, 11) is 3.20. The monoisotopic (exact) mass is 648 g/mol. The van der Waals surface area contributed by atoms with Crippen LogP contribution in [0.5, 0.6) is 11.5 Å². The van der Waals surface area contributed by atoms with E-state index in [4.69, 9.17) is 40.8 Å². The van der Waals surface area contributed by atoms with E-state index in [-0.39, 0.29) is 12.1 Å². The van der Waals surface area contributed by atoms with E-state index in [1.54, 1.807) is 20.3 Å². The van der Waals surface area contributed by atoms with Crippen molar-refractivity contribution < 1.29 is 19.0 Å². The summed E-state index contributed by atoms with van der Waals surface area (Å²) in [5, 5.41) is 3.49. The molecule has 4 aromatic rings. The molecular weight excluding hydrogens is 608 g/mol. The molecule has 1 amide bonds. The molecule has 0 unspecified atom stereocenters. The van der Waals surface area contributed by atoms with Crippen LogP contribution in [0.1, 0.15) is 33.6 Å². The summed E-state index contributed by atoms with van der Waals surface area (Å²) in [5.74, 6) is 1.93. The molecule has 5 heterocycles. The van der Waals surface area contributed by atoms with Gasteiger partial charge in [0, 0.05) is 81.1 Å². The van der Waals surface area contributed by atoms with Crippen LogP contribution in [0.3, 0.4) is 0 Å². The lowest BCUT2D eigenvalue weighted by Crippen LogP contribution is -2.47. The molecule has 6 rings (SSSR count). The van der Waals surface area contributed by atoms with Crippen LogP contribution in [0.15, 0.2) is 49.1 Å². The van der Waals surface area contributed by atoms with Crippen LogP contribution in [0.2, 0.25) is 5.02 Å². The largest absolute Gasteiger partial charge is 0.496 e. The van der Waals surface area contributed by atoms with E-state index in [0.29, 0.717) is 16.5 Å². The van der Waals surface area contributed by atoms with Crippen LogP contribution < -0.4 is 29.5 Å². The minimum Gasteiger partial charge on any atom is -0.496 e. The molecule has 0 atom stereocenters. The van der Waals surface area contributed by atoms with Gasteiger partial charge in [-0.1, -0.05) is 11.6 Å². The average molecular weight is 649 g/mol. The minimum absolute atomic E-state index is 0.0917. The fraction of sp³-hybridized carbons (Fsp3) is 0.455. The Hall–Kier alpha value is -4.45. The minimum atomic E-state index is -0.504. The summed E-state index contributed by atoms with van der Waals surface area (Å²) in [5.41, 5.74) is 4.06. The number of methoxy groups -OCH3 is 2. The molecule has 0 saturated carbocycles. The van der Waals surface area contributed by atoms with Gasteiger partial charge in [0.1, 0.15) is 22.7 Å². The molecule has 12 nitrogen and oxygen atoms in total. The number of carbonyl (C=O) groups excluding carboxylic acids is 1. The summed E-state index contributed by atoms with van der Waals surface area (Å²) >= 11 is 6.42. The van der Waals surface area contributed by atoms with Crippen molar-refractivity contribution >= 4 is 40.7 Å². The van der Waals surface area contributed by atoms with Gasteiger partial charge < -0.3 is 38.6 Å². The second kappa shape index (κ2) is 13.1. The summed E-state index contributed by atoms with van der Waals surface area (Å²) < 4.78 is 18.3. The molecular formula is C33H41ClN8O4. The van der Waals surface area contributed by atoms with Crippen LogP contribution in [0.4, 0.5) is 22.1 Å².